The maximum absolute atomic E-state index is 6.69. The summed E-state index contributed by atoms with van der Waals surface area (Å²) in [5, 5.41) is 11.3. The summed E-state index contributed by atoms with van der Waals surface area (Å²) in [6.07, 6.45) is 8.46. The van der Waals surface area contributed by atoms with Crippen molar-refractivity contribution in [3.05, 3.63) is 146 Å². The summed E-state index contributed by atoms with van der Waals surface area (Å²) >= 11 is 2.38. The minimum atomic E-state index is -0.209. The zero-order valence-electron chi connectivity index (χ0n) is 61.0. The number of nitrogens with one attached hydrogen (secondary N) is 3. The number of nitrogens with zero attached hydrogens (tertiary/aromatic N) is 1. The van der Waals surface area contributed by atoms with Crippen LogP contribution in [0.25, 0.3) is 49.3 Å². The molecule has 0 aliphatic carbocycles. The van der Waals surface area contributed by atoms with Crippen molar-refractivity contribution in [2.45, 2.75) is 249 Å². The molecule has 91 heavy (non-hydrogen) atoms. The lowest BCUT2D eigenvalue weighted by Crippen LogP contribution is -2.26. The van der Waals surface area contributed by atoms with Crippen LogP contribution in [0.5, 0.6) is 11.5 Å². The van der Waals surface area contributed by atoms with Crippen molar-refractivity contribution in [2.75, 3.05) is 40.4 Å². The van der Waals surface area contributed by atoms with Crippen LogP contribution in [-0.4, -0.2) is 62.5 Å². The fourth-order valence-corrected chi connectivity index (χ4v) is 13.9. The average Bonchev–Trinajstić information content (AvgIpc) is 1.65. The lowest BCUT2D eigenvalue weighted by molar-refractivity contribution is -0.106. The first-order chi connectivity index (χ1) is 42.2. The Morgan fingerprint density at radius 1 is 0.429 bits per heavy atom. The molecule has 8 aromatic rings. The first-order valence-electron chi connectivity index (χ1n) is 34.2. The van der Waals surface area contributed by atoms with Gasteiger partial charge in [-0.3, -0.25) is 0 Å². The lowest BCUT2D eigenvalue weighted by atomic mass is 9.72. The van der Waals surface area contributed by atoms with E-state index in [-0.39, 0.29) is 50.5 Å². The third-order valence-electron chi connectivity index (χ3n) is 17.9. The third kappa shape index (κ3) is 19.8. The minimum Gasteiger partial charge on any atom is -0.464 e. The number of fused-ring (bicyclic) bond motifs is 6. The maximum Gasteiger partial charge on any atom is 0.199 e. The predicted octanol–water partition coefficient (Wildman–Crippen LogP) is 22.2. The quantitative estimate of drug-likeness (QED) is 0.0835. The number of likely N-dealkylation sites (N-methyl/N-ethyl adjacent to an activating group) is 2. The van der Waals surface area contributed by atoms with Crippen LogP contribution >= 0.6 is 22.6 Å². The third-order valence-corrected chi connectivity index (χ3v) is 18.7. The molecule has 0 bridgehead atoms. The summed E-state index contributed by atoms with van der Waals surface area (Å²) < 4.78 is 28.1. The van der Waals surface area contributed by atoms with Gasteiger partial charge in [0.1, 0.15) is 11.5 Å². The molecule has 6 aromatic carbocycles. The molecule has 2 aliphatic rings. The number of hydrogen-bond donors (Lipinski definition) is 3. The second kappa shape index (κ2) is 29.4. The van der Waals surface area contributed by atoms with Gasteiger partial charge in [-0.15, -0.1) is 0 Å². The van der Waals surface area contributed by atoms with E-state index in [0.717, 1.165) is 88.4 Å². The van der Waals surface area contributed by atoms with Crippen molar-refractivity contribution in [3.63, 3.8) is 0 Å². The van der Waals surface area contributed by atoms with Crippen LogP contribution in [0, 0.1) is 14.4 Å². The largest absolute Gasteiger partial charge is 0.464 e. The first-order valence-corrected chi connectivity index (χ1v) is 35.2. The van der Waals surface area contributed by atoms with Crippen LogP contribution in [0.15, 0.2) is 109 Å². The van der Waals surface area contributed by atoms with Gasteiger partial charge in [-0.05, 0) is 225 Å². The second-order valence-corrected chi connectivity index (χ2v) is 35.2. The Morgan fingerprint density at radius 2 is 0.780 bits per heavy atom. The first kappa shape index (κ1) is 73.5. The number of aromatic nitrogens is 2. The van der Waals surface area contributed by atoms with Crippen LogP contribution in [-0.2, 0) is 42.0 Å². The van der Waals surface area contributed by atoms with E-state index in [1.54, 1.807) is 0 Å². The topological polar surface area (TPSA) is 81.7 Å². The van der Waals surface area contributed by atoms with Gasteiger partial charge in [-0.25, -0.2) is 0 Å². The standard InChI is InChI=1S/C39H53NO2.C20H25N.C19H29IO2.C4H12N2/c1-36(2,3)25-39(10,11)28-17-20-34(42-35-14-12-13-21-41-35)33(24-28)40-31-18-15-26(37(4,5)6)22-29(31)30-23-27(38(7,8)9)16-19-32(30)40;1-19(2,3)13-7-9-17-15(11-13)16-12-14(20(4,5)6)8-10-18(16)21-17;1-18(2,3)13-19(4,5)14-9-10-16(15(20)12-14)22-17-8-6-7-11-21-17;1-5-3-4-6-2/h15-20,22-24,35H,12-14,21,25H2,1-11H3;7-12,21H,1-6H3;9-10,12,17H,6-8,11,13H2,1-5H3;5-6H,3-4H2,1-2H3. The van der Waals surface area contributed by atoms with E-state index in [0.29, 0.717) is 5.41 Å². The van der Waals surface area contributed by atoms with Crippen LogP contribution in [0.2, 0.25) is 0 Å². The summed E-state index contributed by atoms with van der Waals surface area (Å²) in [6, 6.07) is 41.1. The number of ether oxygens (including phenoxy) is 4. The highest BCUT2D eigenvalue weighted by atomic mass is 127. The van der Waals surface area contributed by atoms with E-state index in [9.17, 15) is 0 Å². The lowest BCUT2D eigenvalue weighted by Gasteiger charge is -2.34. The van der Waals surface area contributed by atoms with Crippen LogP contribution in [0.1, 0.15) is 237 Å². The van der Waals surface area contributed by atoms with Crippen LogP contribution in [0.3, 0.4) is 0 Å². The molecular formula is C82H119IN4O4. The fraction of sp³-hybridized carbons (Fsp3) is 0.561. The molecule has 2 atom stereocenters. The second-order valence-electron chi connectivity index (χ2n) is 34.1. The number of benzene rings is 6. The normalized spacial score (nSPS) is 16.5. The summed E-state index contributed by atoms with van der Waals surface area (Å²) in [4.78, 5) is 3.54. The number of rotatable bonds is 12. The summed E-state index contributed by atoms with van der Waals surface area (Å²) in [5.74, 6) is 1.83. The monoisotopic (exact) mass is 1350 g/mol. The predicted molar refractivity (Wildman–Crippen MR) is 401 cm³/mol. The Bertz CT molecular complexity index is 3530. The smallest absolute Gasteiger partial charge is 0.199 e. The van der Waals surface area contributed by atoms with Gasteiger partial charge in [-0.2, -0.15) is 0 Å². The Morgan fingerprint density at radius 3 is 1.13 bits per heavy atom. The molecule has 9 heteroatoms. The van der Waals surface area contributed by atoms with Gasteiger partial charge in [0.25, 0.3) is 0 Å². The summed E-state index contributed by atoms with van der Waals surface area (Å²) in [5.41, 5.74) is 15.3. The molecule has 2 saturated heterocycles. The average molecular weight is 1350 g/mol. The zero-order chi connectivity index (χ0) is 67.3. The van der Waals surface area contributed by atoms with E-state index in [1.165, 1.54) is 87.0 Å². The number of H-pyrrole nitrogens is 1. The SMILES string of the molecule is CC(C)(C)CC(C)(C)c1ccc(OC2CCCCO2)c(-n2c3ccc(C(C)(C)C)cc3c3cc(C(C)(C)C)ccc32)c1.CC(C)(C)CC(C)(C)c1ccc(OC2CCCCO2)c(I)c1.CC(C)(C)c1ccc2[nH]c3ccc(C(C)(C)C)cc3c2c1.CNCCNC. The maximum atomic E-state index is 6.69. The summed E-state index contributed by atoms with van der Waals surface area (Å²) in [6.45, 7) is 54.4. The zero-order valence-corrected chi connectivity index (χ0v) is 63.1. The van der Waals surface area contributed by atoms with Gasteiger partial charge in [0.05, 0.1) is 33.5 Å². The van der Waals surface area contributed by atoms with Gasteiger partial charge in [-0.1, -0.05) is 189 Å². The van der Waals surface area contributed by atoms with Crippen molar-refractivity contribution < 1.29 is 18.9 Å². The molecule has 2 fully saturated rings. The van der Waals surface area contributed by atoms with Crippen molar-refractivity contribution >= 4 is 66.2 Å². The number of hydrogen-bond acceptors (Lipinski definition) is 6. The Labute approximate surface area is 565 Å². The van der Waals surface area contributed by atoms with E-state index in [2.05, 4.69) is 304 Å². The number of halogens is 1. The van der Waals surface area contributed by atoms with Gasteiger partial charge >= 0.3 is 0 Å². The van der Waals surface area contributed by atoms with Gasteiger partial charge in [0.2, 0.25) is 0 Å². The molecule has 10 rings (SSSR count). The minimum absolute atomic E-state index is 0.00440. The van der Waals surface area contributed by atoms with Crippen LogP contribution in [0.4, 0.5) is 0 Å². The van der Waals surface area contributed by atoms with Crippen molar-refractivity contribution in [3.8, 4) is 17.2 Å². The molecule has 0 spiro atoms. The van der Waals surface area contributed by atoms with Crippen molar-refractivity contribution in [2.24, 2.45) is 10.8 Å². The van der Waals surface area contributed by atoms with E-state index < -0.39 is 0 Å². The van der Waals surface area contributed by atoms with E-state index in [1.807, 2.05) is 14.1 Å². The van der Waals surface area contributed by atoms with Gasteiger partial charge in [0, 0.05) is 58.5 Å². The molecule has 498 valence electrons. The molecule has 8 nitrogen and oxygen atoms in total. The van der Waals surface area contributed by atoms with E-state index >= 15 is 0 Å². The van der Waals surface area contributed by atoms with Crippen molar-refractivity contribution in [1.82, 2.24) is 20.2 Å². The fourth-order valence-electron chi connectivity index (χ4n) is 13.3. The Kier molecular flexibility index (Phi) is 23.7. The van der Waals surface area contributed by atoms with Gasteiger partial charge < -0.3 is 39.1 Å². The molecular weight excluding hydrogens is 1230 g/mol. The molecule has 2 aromatic heterocycles. The summed E-state index contributed by atoms with van der Waals surface area (Å²) in [7, 11) is 3.88. The molecule has 0 amide bonds. The highest BCUT2D eigenvalue weighted by Gasteiger charge is 2.32. The molecule has 2 unspecified atom stereocenters. The molecule has 3 N–H and O–H groups in total. The number of aromatic amines is 1. The Hall–Kier alpha value is -4.91. The highest BCUT2D eigenvalue weighted by molar-refractivity contribution is 14.1. The highest BCUT2D eigenvalue weighted by Crippen LogP contribution is 2.45. The molecule has 4 heterocycles. The van der Waals surface area contributed by atoms with Crippen molar-refractivity contribution in [1.29, 1.82) is 0 Å². The molecule has 0 saturated carbocycles. The van der Waals surface area contributed by atoms with E-state index in [4.69, 9.17) is 18.9 Å². The molecule has 0 radical (unpaired) electrons. The molecule has 2 aliphatic heterocycles. The van der Waals surface area contributed by atoms with Gasteiger partial charge in [0.15, 0.2) is 12.6 Å². The van der Waals surface area contributed by atoms with Crippen LogP contribution < -0.4 is 20.1 Å². The Balaban J connectivity index is 0.000000201.